The number of benzene rings is 1. The molecule has 0 radical (unpaired) electrons. The number of nitrogens with zero attached hydrogens (tertiary/aromatic N) is 1. The molecular weight excluding hydrogens is 454 g/mol. The van der Waals surface area contributed by atoms with Gasteiger partial charge in [0.25, 0.3) is 0 Å². The number of ketones is 1. The Morgan fingerprint density at radius 3 is 2.62 bits per heavy atom. The molecule has 0 unspecified atom stereocenters. The molecule has 34 heavy (non-hydrogen) atoms. The molecule has 1 aliphatic rings. The van der Waals surface area contributed by atoms with E-state index in [9.17, 15) is 14.7 Å². The number of phenolic OH excluding ortho intramolecular Hbond substituents is 1. The standard InChI is InChI=1S/C27H36ClNO5/c1-16(12-13-27(5)17(2)9-11-22(30)19(27)4)8-10-20-25(32)21(14-29-15-23(31)33-6)18(3)24(28)26(20)34-7/h8,12-14,17,19,32H,9-11,15H2,1-7H3/t17-,19+,27+/m1/s1. The molecule has 0 bridgehead atoms. The summed E-state index contributed by atoms with van der Waals surface area (Å²) in [6.45, 7) is 9.95. The summed E-state index contributed by atoms with van der Waals surface area (Å²) in [5, 5.41) is 11.4. The Morgan fingerprint density at radius 1 is 1.32 bits per heavy atom. The third-order valence-corrected chi connectivity index (χ3v) is 7.71. The van der Waals surface area contributed by atoms with Crippen LogP contribution < -0.4 is 4.74 Å². The first-order valence-electron chi connectivity index (χ1n) is 11.5. The highest BCUT2D eigenvalue weighted by atomic mass is 35.5. The van der Waals surface area contributed by atoms with Gasteiger partial charge in [0.1, 0.15) is 23.8 Å². The van der Waals surface area contributed by atoms with Gasteiger partial charge in [0.05, 0.1) is 19.2 Å². The average Bonchev–Trinajstić information content (AvgIpc) is 2.82. The molecule has 1 aromatic rings. The predicted octanol–water partition coefficient (Wildman–Crippen LogP) is 5.64. The van der Waals surface area contributed by atoms with E-state index in [1.165, 1.54) is 20.4 Å². The van der Waals surface area contributed by atoms with E-state index in [0.29, 0.717) is 52.0 Å². The fourth-order valence-corrected chi connectivity index (χ4v) is 4.61. The molecule has 3 atom stereocenters. The van der Waals surface area contributed by atoms with E-state index in [1.54, 1.807) is 6.92 Å². The number of esters is 1. The van der Waals surface area contributed by atoms with Gasteiger partial charge in [-0.3, -0.25) is 14.6 Å². The summed E-state index contributed by atoms with van der Waals surface area (Å²) in [4.78, 5) is 27.7. The van der Waals surface area contributed by atoms with Crippen LogP contribution in [0.15, 0.2) is 28.8 Å². The summed E-state index contributed by atoms with van der Waals surface area (Å²) >= 11 is 6.53. The van der Waals surface area contributed by atoms with Gasteiger partial charge in [-0.15, -0.1) is 0 Å². The van der Waals surface area contributed by atoms with Gasteiger partial charge < -0.3 is 14.6 Å². The largest absolute Gasteiger partial charge is 0.507 e. The van der Waals surface area contributed by atoms with Crippen molar-refractivity contribution in [3.05, 3.63) is 45.5 Å². The molecular formula is C27H36ClNO5. The fourth-order valence-electron chi connectivity index (χ4n) is 4.32. The van der Waals surface area contributed by atoms with Crippen LogP contribution in [0.1, 0.15) is 57.2 Å². The minimum atomic E-state index is -0.476. The number of phenols is 1. The summed E-state index contributed by atoms with van der Waals surface area (Å²) in [6.07, 6.45) is 9.54. The molecule has 0 amide bonds. The molecule has 1 aliphatic carbocycles. The van der Waals surface area contributed by atoms with Crippen LogP contribution in [0.2, 0.25) is 5.02 Å². The van der Waals surface area contributed by atoms with Gasteiger partial charge in [-0.2, -0.15) is 0 Å². The van der Waals surface area contributed by atoms with E-state index in [1.807, 2.05) is 26.0 Å². The summed E-state index contributed by atoms with van der Waals surface area (Å²) < 4.78 is 10.1. The van der Waals surface area contributed by atoms with Crippen LogP contribution in [0.4, 0.5) is 0 Å². The summed E-state index contributed by atoms with van der Waals surface area (Å²) in [6, 6.07) is 0. The van der Waals surface area contributed by atoms with E-state index < -0.39 is 5.97 Å². The van der Waals surface area contributed by atoms with E-state index in [0.717, 1.165) is 12.0 Å². The Hall–Kier alpha value is -2.60. The van der Waals surface area contributed by atoms with Crippen LogP contribution in [-0.4, -0.2) is 43.8 Å². The Kier molecular flexibility index (Phi) is 9.51. The maximum absolute atomic E-state index is 12.3. The molecule has 1 aromatic carbocycles. The highest BCUT2D eigenvalue weighted by molar-refractivity contribution is 6.33. The second-order valence-electron chi connectivity index (χ2n) is 9.24. The number of hydrogen-bond acceptors (Lipinski definition) is 6. The highest BCUT2D eigenvalue weighted by Crippen LogP contribution is 2.45. The van der Waals surface area contributed by atoms with Gasteiger partial charge in [-0.1, -0.05) is 56.2 Å². The lowest BCUT2D eigenvalue weighted by Crippen LogP contribution is -2.40. The van der Waals surface area contributed by atoms with Crippen LogP contribution in [0, 0.1) is 24.2 Å². The lowest BCUT2D eigenvalue weighted by atomic mass is 9.61. The number of aliphatic imine (C=N–C) groups is 1. The average molecular weight is 490 g/mol. The number of carbonyl (C=O) groups is 2. The molecule has 1 N–H and O–H groups in total. The highest BCUT2D eigenvalue weighted by Gasteiger charge is 2.41. The Balaban J connectivity index is 2.35. The molecule has 6 nitrogen and oxygen atoms in total. The van der Waals surface area contributed by atoms with Crippen molar-refractivity contribution >= 4 is 29.6 Å². The van der Waals surface area contributed by atoms with Crippen LogP contribution in [0.3, 0.4) is 0 Å². The quantitative estimate of drug-likeness (QED) is 0.290. The van der Waals surface area contributed by atoms with Crippen LogP contribution in [-0.2, 0) is 20.7 Å². The Bertz CT molecular complexity index is 1030. The number of carbonyl (C=O) groups excluding carboxylic acids is 2. The van der Waals surface area contributed by atoms with Gasteiger partial charge in [0.15, 0.2) is 0 Å². The van der Waals surface area contributed by atoms with Crippen molar-refractivity contribution < 1.29 is 24.2 Å². The predicted molar refractivity (Wildman–Crippen MR) is 136 cm³/mol. The summed E-state index contributed by atoms with van der Waals surface area (Å²) in [7, 11) is 2.80. The zero-order chi connectivity index (χ0) is 25.6. The van der Waals surface area contributed by atoms with Gasteiger partial charge in [0.2, 0.25) is 0 Å². The number of Topliss-reactive ketones (excluding diaryl/α,β-unsaturated/α-hetero) is 1. The molecule has 2 rings (SSSR count). The zero-order valence-electron chi connectivity index (χ0n) is 21.2. The number of aromatic hydroxyl groups is 1. The molecule has 1 saturated carbocycles. The van der Waals surface area contributed by atoms with Crippen molar-refractivity contribution in [2.24, 2.45) is 22.2 Å². The van der Waals surface area contributed by atoms with Crippen molar-refractivity contribution in [2.45, 2.75) is 53.9 Å². The number of allylic oxidation sites excluding steroid dienone is 4. The van der Waals surface area contributed by atoms with Gasteiger partial charge in [-0.05, 0) is 43.6 Å². The van der Waals surface area contributed by atoms with Crippen LogP contribution >= 0.6 is 11.6 Å². The smallest absolute Gasteiger partial charge is 0.327 e. The SMILES string of the molecule is COC(=O)CN=Cc1c(C)c(Cl)c(OC)c(CC=C(C)C=C[C@@]2(C)[C@H](C)CCC(=O)[C@@H]2C)c1O. The van der Waals surface area contributed by atoms with E-state index in [-0.39, 0.29) is 23.6 Å². The molecule has 0 aromatic heterocycles. The van der Waals surface area contributed by atoms with Gasteiger partial charge >= 0.3 is 5.97 Å². The van der Waals surface area contributed by atoms with E-state index >= 15 is 0 Å². The second kappa shape index (κ2) is 11.7. The minimum absolute atomic E-state index is 0.00692. The molecule has 7 heteroatoms. The first-order chi connectivity index (χ1) is 16.0. The third kappa shape index (κ3) is 5.90. The van der Waals surface area contributed by atoms with Crippen molar-refractivity contribution in [1.29, 1.82) is 0 Å². The number of halogens is 1. The molecule has 0 spiro atoms. The normalized spacial score (nSPS) is 23.6. The van der Waals surface area contributed by atoms with Crippen molar-refractivity contribution in [2.75, 3.05) is 20.8 Å². The van der Waals surface area contributed by atoms with Crippen molar-refractivity contribution in [3.63, 3.8) is 0 Å². The van der Waals surface area contributed by atoms with Crippen LogP contribution in [0.25, 0.3) is 0 Å². The number of hydrogen-bond donors (Lipinski definition) is 1. The van der Waals surface area contributed by atoms with Crippen molar-refractivity contribution in [1.82, 2.24) is 0 Å². The Morgan fingerprint density at radius 2 is 2.00 bits per heavy atom. The molecule has 1 fully saturated rings. The topological polar surface area (TPSA) is 85.2 Å². The molecule has 186 valence electrons. The lowest BCUT2D eigenvalue weighted by molar-refractivity contribution is -0.138. The first-order valence-corrected chi connectivity index (χ1v) is 11.9. The molecule has 0 aliphatic heterocycles. The van der Waals surface area contributed by atoms with Crippen molar-refractivity contribution in [3.8, 4) is 11.5 Å². The maximum atomic E-state index is 12.3. The third-order valence-electron chi connectivity index (χ3n) is 7.26. The number of rotatable bonds is 8. The molecule has 0 heterocycles. The monoisotopic (exact) mass is 489 g/mol. The number of methoxy groups -OCH3 is 2. The zero-order valence-corrected chi connectivity index (χ0v) is 22.0. The minimum Gasteiger partial charge on any atom is -0.507 e. The van der Waals surface area contributed by atoms with E-state index in [4.69, 9.17) is 16.3 Å². The lowest BCUT2D eigenvalue weighted by Gasteiger charge is -2.42. The summed E-state index contributed by atoms with van der Waals surface area (Å²) in [5.41, 5.74) is 2.37. The summed E-state index contributed by atoms with van der Waals surface area (Å²) in [5.74, 6) is 0.644. The van der Waals surface area contributed by atoms with Gasteiger partial charge in [0, 0.05) is 29.7 Å². The van der Waals surface area contributed by atoms with E-state index in [2.05, 4.69) is 29.7 Å². The maximum Gasteiger partial charge on any atom is 0.327 e. The fraction of sp³-hybridized carbons (Fsp3) is 0.519. The Labute approximate surface area is 207 Å². The van der Waals surface area contributed by atoms with Gasteiger partial charge in [-0.25, -0.2) is 0 Å². The molecule has 0 saturated heterocycles. The second-order valence-corrected chi connectivity index (χ2v) is 9.62. The van der Waals surface area contributed by atoms with Crippen LogP contribution in [0.5, 0.6) is 11.5 Å². The number of ether oxygens (including phenoxy) is 2. The first kappa shape index (κ1) is 27.6.